The van der Waals surface area contributed by atoms with Crippen molar-refractivity contribution in [2.24, 2.45) is 0 Å². The summed E-state index contributed by atoms with van der Waals surface area (Å²) in [5, 5.41) is 20.1. The van der Waals surface area contributed by atoms with E-state index in [0.717, 1.165) is 43.4 Å². The number of unbranched alkanes of at least 4 members (excludes halogenated alkanes) is 2. The van der Waals surface area contributed by atoms with Gasteiger partial charge in [0.05, 0.1) is 12.2 Å². The topological polar surface area (TPSA) is 49.7 Å². The molecule has 1 aromatic carbocycles. The Morgan fingerprint density at radius 3 is 2.77 bits per heavy atom. The van der Waals surface area contributed by atoms with Gasteiger partial charge in [-0.1, -0.05) is 32.3 Å². The van der Waals surface area contributed by atoms with Crippen molar-refractivity contribution in [3.63, 3.8) is 0 Å². The SMILES string of the molecule is CCCCCC(C)Oc1ccc([C@H]2CCC[C@@H](O)C2)c(O)c1. The summed E-state index contributed by atoms with van der Waals surface area (Å²) in [5.74, 6) is 1.30. The Labute approximate surface area is 134 Å². The Hall–Kier alpha value is -1.22. The molecule has 0 amide bonds. The molecule has 0 aliphatic heterocycles. The summed E-state index contributed by atoms with van der Waals surface area (Å²) in [6.07, 6.45) is 8.33. The zero-order valence-corrected chi connectivity index (χ0v) is 13.9. The smallest absolute Gasteiger partial charge is 0.123 e. The van der Waals surface area contributed by atoms with Gasteiger partial charge in [0.15, 0.2) is 0 Å². The average Bonchev–Trinajstić information content (AvgIpc) is 2.47. The highest BCUT2D eigenvalue weighted by Gasteiger charge is 2.24. The Morgan fingerprint density at radius 1 is 1.27 bits per heavy atom. The van der Waals surface area contributed by atoms with E-state index in [1.54, 1.807) is 6.07 Å². The second-order valence-corrected chi connectivity index (χ2v) is 6.66. The van der Waals surface area contributed by atoms with E-state index in [0.29, 0.717) is 5.75 Å². The first-order chi connectivity index (χ1) is 10.6. The van der Waals surface area contributed by atoms with Gasteiger partial charge >= 0.3 is 0 Å². The highest BCUT2D eigenvalue weighted by molar-refractivity contribution is 5.42. The molecular weight excluding hydrogens is 276 g/mol. The van der Waals surface area contributed by atoms with Gasteiger partial charge in [-0.15, -0.1) is 0 Å². The minimum absolute atomic E-state index is 0.174. The second-order valence-electron chi connectivity index (χ2n) is 6.66. The van der Waals surface area contributed by atoms with Gasteiger partial charge < -0.3 is 14.9 Å². The first kappa shape index (κ1) is 17.1. The van der Waals surface area contributed by atoms with Crippen LogP contribution in [0, 0.1) is 0 Å². The van der Waals surface area contributed by atoms with Crippen LogP contribution in [0.3, 0.4) is 0 Å². The number of phenols is 1. The molecule has 0 radical (unpaired) electrons. The van der Waals surface area contributed by atoms with Gasteiger partial charge in [-0.05, 0) is 56.6 Å². The number of aliphatic hydroxyl groups is 1. The van der Waals surface area contributed by atoms with Crippen LogP contribution >= 0.6 is 0 Å². The van der Waals surface area contributed by atoms with E-state index in [4.69, 9.17) is 4.74 Å². The number of rotatable bonds is 7. The lowest BCUT2D eigenvalue weighted by Gasteiger charge is -2.27. The number of ether oxygens (including phenoxy) is 1. The summed E-state index contributed by atoms with van der Waals surface area (Å²) in [7, 11) is 0. The van der Waals surface area contributed by atoms with Crippen LogP contribution in [-0.4, -0.2) is 22.4 Å². The Bertz CT molecular complexity index is 458. The monoisotopic (exact) mass is 306 g/mol. The Balaban J connectivity index is 1.94. The molecule has 2 N–H and O–H groups in total. The lowest BCUT2D eigenvalue weighted by Crippen LogP contribution is -2.18. The maximum Gasteiger partial charge on any atom is 0.123 e. The van der Waals surface area contributed by atoms with Gasteiger partial charge in [0, 0.05) is 6.07 Å². The molecule has 22 heavy (non-hydrogen) atoms. The van der Waals surface area contributed by atoms with Gasteiger partial charge in [0.2, 0.25) is 0 Å². The minimum atomic E-state index is -0.229. The lowest BCUT2D eigenvalue weighted by atomic mass is 9.82. The fourth-order valence-corrected chi connectivity index (χ4v) is 3.36. The van der Waals surface area contributed by atoms with E-state index in [1.165, 1.54) is 19.3 Å². The third kappa shape index (κ3) is 4.91. The zero-order valence-electron chi connectivity index (χ0n) is 13.9. The molecule has 1 unspecified atom stereocenters. The molecular formula is C19H30O3. The Kier molecular flexibility index (Phi) is 6.56. The molecule has 1 aliphatic rings. The van der Waals surface area contributed by atoms with Crippen molar-refractivity contribution in [2.75, 3.05) is 0 Å². The molecule has 0 heterocycles. The largest absolute Gasteiger partial charge is 0.508 e. The molecule has 124 valence electrons. The third-order valence-corrected chi connectivity index (χ3v) is 4.64. The van der Waals surface area contributed by atoms with E-state index >= 15 is 0 Å². The third-order valence-electron chi connectivity index (χ3n) is 4.64. The zero-order chi connectivity index (χ0) is 15.9. The van der Waals surface area contributed by atoms with E-state index in [9.17, 15) is 10.2 Å². The number of benzene rings is 1. The minimum Gasteiger partial charge on any atom is -0.508 e. The molecule has 1 aliphatic carbocycles. The van der Waals surface area contributed by atoms with E-state index in [-0.39, 0.29) is 18.1 Å². The van der Waals surface area contributed by atoms with Crippen molar-refractivity contribution in [3.8, 4) is 11.5 Å². The molecule has 1 saturated carbocycles. The van der Waals surface area contributed by atoms with Crippen molar-refractivity contribution in [3.05, 3.63) is 23.8 Å². The summed E-state index contributed by atoms with van der Waals surface area (Å²) in [6, 6.07) is 5.64. The molecule has 0 bridgehead atoms. The fraction of sp³-hybridized carbons (Fsp3) is 0.684. The van der Waals surface area contributed by atoms with Crippen LogP contribution in [-0.2, 0) is 0 Å². The number of hydrogen-bond donors (Lipinski definition) is 2. The van der Waals surface area contributed by atoms with Crippen LogP contribution in [0.15, 0.2) is 18.2 Å². The highest BCUT2D eigenvalue weighted by atomic mass is 16.5. The van der Waals surface area contributed by atoms with Crippen molar-refractivity contribution in [1.82, 2.24) is 0 Å². The van der Waals surface area contributed by atoms with Crippen LogP contribution in [0.1, 0.15) is 76.7 Å². The van der Waals surface area contributed by atoms with Gasteiger partial charge in [-0.3, -0.25) is 0 Å². The average molecular weight is 306 g/mol. The van der Waals surface area contributed by atoms with Crippen LogP contribution in [0.25, 0.3) is 0 Å². The van der Waals surface area contributed by atoms with Crippen molar-refractivity contribution in [1.29, 1.82) is 0 Å². The predicted molar refractivity (Wildman–Crippen MR) is 89.6 cm³/mol. The molecule has 0 aromatic heterocycles. The quantitative estimate of drug-likeness (QED) is 0.714. The number of hydrogen-bond acceptors (Lipinski definition) is 3. The first-order valence-electron chi connectivity index (χ1n) is 8.77. The van der Waals surface area contributed by atoms with Gasteiger partial charge in [0.25, 0.3) is 0 Å². The van der Waals surface area contributed by atoms with E-state index < -0.39 is 0 Å². The van der Waals surface area contributed by atoms with Gasteiger partial charge in [-0.25, -0.2) is 0 Å². The fourth-order valence-electron chi connectivity index (χ4n) is 3.36. The number of phenolic OH excluding ortho intramolecular Hbond substituents is 1. The highest BCUT2D eigenvalue weighted by Crippen LogP contribution is 2.38. The van der Waals surface area contributed by atoms with Crippen LogP contribution in [0.2, 0.25) is 0 Å². The molecule has 0 spiro atoms. The standard InChI is InChI=1S/C19H30O3/c1-3-4-5-7-14(2)22-17-10-11-18(19(21)13-17)15-8-6-9-16(20)12-15/h10-11,13-16,20-21H,3-9,12H2,1-2H3/t14?,15-,16+/m0/s1. The molecule has 1 fully saturated rings. The molecule has 0 saturated heterocycles. The summed E-state index contributed by atoms with van der Waals surface area (Å²) in [6.45, 7) is 4.28. The first-order valence-corrected chi connectivity index (χ1v) is 8.77. The summed E-state index contributed by atoms with van der Waals surface area (Å²) >= 11 is 0. The predicted octanol–water partition coefficient (Wildman–Crippen LogP) is 4.76. The number of aromatic hydroxyl groups is 1. The van der Waals surface area contributed by atoms with E-state index in [2.05, 4.69) is 13.8 Å². The molecule has 1 aromatic rings. The number of aliphatic hydroxyl groups excluding tert-OH is 1. The van der Waals surface area contributed by atoms with E-state index in [1.807, 2.05) is 12.1 Å². The van der Waals surface area contributed by atoms with Crippen molar-refractivity contribution in [2.45, 2.75) is 83.3 Å². The van der Waals surface area contributed by atoms with Crippen molar-refractivity contribution < 1.29 is 14.9 Å². The summed E-state index contributed by atoms with van der Waals surface area (Å²) in [5.41, 5.74) is 0.949. The molecule has 3 nitrogen and oxygen atoms in total. The molecule has 2 rings (SSSR count). The van der Waals surface area contributed by atoms with Crippen molar-refractivity contribution >= 4 is 0 Å². The lowest BCUT2D eigenvalue weighted by molar-refractivity contribution is 0.119. The second kappa shape index (κ2) is 8.42. The molecule has 3 atom stereocenters. The van der Waals surface area contributed by atoms with Crippen LogP contribution in [0.4, 0.5) is 0 Å². The maximum atomic E-state index is 10.3. The molecule has 3 heteroatoms. The van der Waals surface area contributed by atoms with Gasteiger partial charge in [-0.2, -0.15) is 0 Å². The Morgan fingerprint density at radius 2 is 2.09 bits per heavy atom. The maximum absolute atomic E-state index is 10.3. The van der Waals surface area contributed by atoms with Crippen LogP contribution in [0.5, 0.6) is 11.5 Å². The normalized spacial score (nSPS) is 23.2. The summed E-state index contributed by atoms with van der Waals surface area (Å²) in [4.78, 5) is 0. The summed E-state index contributed by atoms with van der Waals surface area (Å²) < 4.78 is 5.90. The van der Waals surface area contributed by atoms with Gasteiger partial charge in [0.1, 0.15) is 11.5 Å². The van der Waals surface area contributed by atoms with Crippen LogP contribution < -0.4 is 4.74 Å².